The molecule has 0 aromatic heterocycles. The van der Waals surface area contributed by atoms with Gasteiger partial charge in [-0.05, 0) is 79.4 Å². The van der Waals surface area contributed by atoms with Crippen LogP contribution in [-0.4, -0.2) is 64.0 Å². The Balaban J connectivity index is 1.67. The van der Waals surface area contributed by atoms with Gasteiger partial charge >= 0.3 is 47.9 Å². The summed E-state index contributed by atoms with van der Waals surface area (Å²) in [6, 6.07) is 18.2. The minimum Gasteiger partial charge on any atom is -0.200 e. The van der Waals surface area contributed by atoms with Crippen LogP contribution >= 0.6 is 0 Å². The first-order valence-corrected chi connectivity index (χ1v) is 24.7. The molecule has 0 N–H and O–H groups in total. The molecule has 334 valence electrons. The van der Waals surface area contributed by atoms with Gasteiger partial charge in [0.2, 0.25) is 0 Å². The molecule has 62 heavy (non-hydrogen) atoms. The van der Waals surface area contributed by atoms with Crippen LogP contribution in [-0.2, 0) is 0 Å². The van der Waals surface area contributed by atoms with Crippen LogP contribution in [0.15, 0.2) is 72.8 Å². The zero-order valence-corrected chi connectivity index (χ0v) is 34.6. The Hall–Kier alpha value is -4.57. The maximum atomic E-state index is 14.6. The Bertz CT molecular complexity index is 2370. The van der Waals surface area contributed by atoms with E-state index in [9.17, 15) is 79.0 Å². The number of hydrogen-bond donors (Lipinski definition) is 0. The van der Waals surface area contributed by atoms with Crippen LogP contribution in [0.2, 0.25) is 38.3 Å². The van der Waals surface area contributed by atoms with Gasteiger partial charge in [0.05, 0.1) is 0 Å². The molecule has 0 aliphatic rings. The van der Waals surface area contributed by atoms with E-state index in [2.05, 4.69) is 22.9 Å². The van der Waals surface area contributed by atoms with Crippen molar-refractivity contribution in [1.29, 1.82) is 0 Å². The molecule has 5 aromatic rings. The number of fused-ring (bicyclic) bond motifs is 4. The summed E-state index contributed by atoms with van der Waals surface area (Å²) in [7, 11) is -7.05. The van der Waals surface area contributed by atoms with Crippen LogP contribution < -0.4 is 0 Å². The van der Waals surface area contributed by atoms with Crippen molar-refractivity contribution in [3.8, 4) is 22.9 Å². The smallest absolute Gasteiger partial charge is 0.200 e. The summed E-state index contributed by atoms with van der Waals surface area (Å²) in [4.78, 5) is 0. The van der Waals surface area contributed by atoms with E-state index in [1.807, 2.05) is 0 Å². The molecule has 0 radical (unpaired) electrons. The molecule has 0 unspecified atom stereocenters. The quantitative estimate of drug-likeness (QED) is 0.0567. The largest absolute Gasteiger partial charge is 0.460 e. The lowest BCUT2D eigenvalue weighted by molar-refractivity contribution is -0.396. The van der Waals surface area contributed by atoms with Crippen LogP contribution in [0, 0.1) is 22.9 Å². The van der Waals surface area contributed by atoms with Gasteiger partial charge in [-0.1, -0.05) is 86.6 Å². The van der Waals surface area contributed by atoms with Gasteiger partial charge in [-0.2, -0.15) is 79.0 Å². The molecular weight excluding hydrogens is 903 g/mol. The second kappa shape index (κ2) is 15.6. The van der Waals surface area contributed by atoms with E-state index in [0.29, 0.717) is 43.1 Å². The van der Waals surface area contributed by atoms with Crippen molar-refractivity contribution in [2.45, 2.75) is 99.0 Å². The number of hydrogen-bond acceptors (Lipinski definition) is 0. The van der Waals surface area contributed by atoms with E-state index in [1.54, 1.807) is 72.8 Å². The number of benzene rings is 5. The highest BCUT2D eigenvalue weighted by atomic mass is 28.3. The summed E-state index contributed by atoms with van der Waals surface area (Å²) in [6.07, 6.45) is -18.1. The predicted molar refractivity (Wildman–Crippen MR) is 206 cm³/mol. The lowest BCUT2D eigenvalue weighted by atomic mass is 9.89. The van der Waals surface area contributed by atoms with Gasteiger partial charge in [0.25, 0.3) is 0 Å². The predicted octanol–water partition coefficient (Wildman–Crippen LogP) is 15.2. The van der Waals surface area contributed by atoms with Crippen LogP contribution in [0.5, 0.6) is 0 Å². The fourth-order valence-electron chi connectivity index (χ4n) is 6.52. The molecule has 20 heteroatoms. The second-order valence-electron chi connectivity index (χ2n) is 16.2. The molecule has 0 heterocycles. The molecule has 5 rings (SSSR count). The van der Waals surface area contributed by atoms with Crippen LogP contribution in [0.25, 0.3) is 43.1 Å². The van der Waals surface area contributed by atoms with Crippen LogP contribution in [0.1, 0.15) is 24.0 Å². The molecule has 5 aromatic carbocycles. The zero-order valence-electron chi connectivity index (χ0n) is 32.6. The van der Waals surface area contributed by atoms with Crippen LogP contribution in [0.3, 0.4) is 0 Å². The summed E-state index contributed by atoms with van der Waals surface area (Å²) in [5, 5.41) is 3.76. The van der Waals surface area contributed by atoms with Crippen molar-refractivity contribution in [3.63, 3.8) is 0 Å². The molecule has 0 bridgehead atoms. The number of rotatable bonds is 10. The normalized spacial score (nSPS) is 14.3. The SMILES string of the molecule is C[Si](C)(C#Cc1c2cc3ccccc3cc2c(C#C[Si](C)(C)CCC(F)(F)C(F)(F)C(F)(F)C(F)(F)F)c2cc3ccccc3cc12)CCC(F)(F)C(F)(F)C(F)(F)C(F)(F)F. The third kappa shape index (κ3) is 8.70. The lowest BCUT2D eigenvalue weighted by Gasteiger charge is -2.34. The van der Waals surface area contributed by atoms with Gasteiger partial charge in [-0.3, -0.25) is 0 Å². The van der Waals surface area contributed by atoms with Gasteiger partial charge in [-0.15, -0.1) is 11.1 Å². The Morgan fingerprint density at radius 3 is 0.855 bits per heavy atom. The van der Waals surface area contributed by atoms with Crippen molar-refractivity contribution in [1.82, 2.24) is 0 Å². The molecular formula is C42H32F18Si2. The summed E-state index contributed by atoms with van der Waals surface area (Å²) in [6.45, 7) is 5.23. The highest BCUT2D eigenvalue weighted by molar-refractivity contribution is 6.85. The molecule has 0 saturated carbocycles. The standard InChI is InChI=1S/C42H32F18Si2/c1-61(2,19-15-35(43,44)37(47,48)39(51,52)41(55,56)57)17-13-29-31-21-25-9-5-7-11-27(25)23-33(31)30(34-24-28-12-8-6-10-26(28)22-32(29)34)14-18-62(3,4)20-16-36(45,46)38(49,50)40(53,54)42(58,59)60/h5-12,21-24H,15-16,19-20H2,1-4H3. The van der Waals surface area contributed by atoms with E-state index < -0.39 is 89.0 Å². The maximum absolute atomic E-state index is 14.6. The Labute approximate surface area is 343 Å². The van der Waals surface area contributed by atoms with Crippen molar-refractivity contribution in [2.75, 3.05) is 0 Å². The third-order valence-electron chi connectivity index (χ3n) is 10.4. The minimum absolute atomic E-state index is 0.210. The van der Waals surface area contributed by atoms with E-state index >= 15 is 0 Å². The maximum Gasteiger partial charge on any atom is 0.460 e. The monoisotopic (exact) mass is 934 g/mol. The van der Waals surface area contributed by atoms with E-state index in [-0.39, 0.29) is 11.1 Å². The van der Waals surface area contributed by atoms with Crippen molar-refractivity contribution in [3.05, 3.63) is 83.9 Å². The molecule has 0 saturated heterocycles. The van der Waals surface area contributed by atoms with Gasteiger partial charge in [0.1, 0.15) is 16.1 Å². The zero-order chi connectivity index (χ0) is 46.9. The van der Waals surface area contributed by atoms with E-state index in [0.717, 1.165) is 0 Å². The van der Waals surface area contributed by atoms with Crippen molar-refractivity contribution >= 4 is 59.2 Å². The van der Waals surface area contributed by atoms with Crippen molar-refractivity contribution < 1.29 is 79.0 Å². The van der Waals surface area contributed by atoms with Gasteiger partial charge in [0, 0.05) is 24.0 Å². The summed E-state index contributed by atoms with van der Waals surface area (Å²) in [5.41, 5.74) is 6.03. The average Bonchev–Trinajstić information content (AvgIpc) is 3.15. The first kappa shape index (κ1) is 48.5. The summed E-state index contributed by atoms with van der Waals surface area (Å²) < 4.78 is 245. The summed E-state index contributed by atoms with van der Waals surface area (Å²) in [5.74, 6) is -33.5. The summed E-state index contributed by atoms with van der Waals surface area (Å²) >= 11 is 0. The Morgan fingerprint density at radius 1 is 0.387 bits per heavy atom. The van der Waals surface area contributed by atoms with E-state index in [4.69, 9.17) is 0 Å². The second-order valence-corrected chi connectivity index (χ2v) is 25.2. The molecule has 0 spiro atoms. The molecule has 0 fully saturated rings. The van der Waals surface area contributed by atoms with Gasteiger partial charge in [-0.25, -0.2) is 0 Å². The van der Waals surface area contributed by atoms with Crippen LogP contribution in [0.4, 0.5) is 79.0 Å². The van der Waals surface area contributed by atoms with Gasteiger partial charge < -0.3 is 0 Å². The van der Waals surface area contributed by atoms with Gasteiger partial charge in [0.15, 0.2) is 0 Å². The Kier molecular flexibility index (Phi) is 12.2. The van der Waals surface area contributed by atoms with Crippen molar-refractivity contribution in [2.24, 2.45) is 0 Å². The lowest BCUT2D eigenvalue weighted by Crippen LogP contribution is -2.61. The number of alkyl halides is 18. The molecule has 0 atom stereocenters. The highest BCUT2D eigenvalue weighted by Gasteiger charge is 2.82. The third-order valence-corrected chi connectivity index (χ3v) is 15.1. The molecule has 0 amide bonds. The fourth-order valence-corrected chi connectivity index (χ4v) is 9.58. The average molecular weight is 935 g/mol. The Morgan fingerprint density at radius 2 is 0.629 bits per heavy atom. The first-order chi connectivity index (χ1) is 28.0. The number of halogens is 18. The molecule has 0 aliphatic carbocycles. The first-order valence-electron chi connectivity index (χ1n) is 18.3. The highest BCUT2D eigenvalue weighted by Crippen LogP contribution is 2.56. The van der Waals surface area contributed by atoms with E-state index in [1.165, 1.54) is 26.2 Å². The minimum atomic E-state index is -7.05. The fraction of sp³-hybridized carbons (Fsp3) is 0.381. The molecule has 0 nitrogen and oxygen atoms in total. The molecule has 0 aliphatic heterocycles. The topological polar surface area (TPSA) is 0 Å².